The van der Waals surface area contributed by atoms with Crippen molar-refractivity contribution in [3.63, 3.8) is 0 Å². The number of pyridine rings is 1. The first-order valence-corrected chi connectivity index (χ1v) is 10.7. The summed E-state index contributed by atoms with van der Waals surface area (Å²) in [5.41, 5.74) is 0.298. The molecule has 0 unspecified atom stereocenters. The van der Waals surface area contributed by atoms with Gasteiger partial charge in [0.25, 0.3) is 17.5 Å². The molecule has 0 saturated heterocycles. The Kier molecular flexibility index (Phi) is 7.91. The number of hydrogen-bond donors (Lipinski definition) is 1. The maximum absolute atomic E-state index is 12.9. The van der Waals surface area contributed by atoms with Crippen molar-refractivity contribution in [1.29, 1.82) is 0 Å². The molecule has 1 aliphatic heterocycles. The van der Waals surface area contributed by atoms with Crippen molar-refractivity contribution in [2.24, 2.45) is 0 Å². The molecule has 1 N–H and O–H groups in total. The van der Waals surface area contributed by atoms with E-state index in [1.54, 1.807) is 35.4 Å². The molecule has 0 bridgehead atoms. The number of nitrogens with one attached hydrogen (secondary N) is 1. The number of aromatic nitrogens is 1. The molecule has 1 aromatic carbocycles. The fourth-order valence-corrected chi connectivity index (χ4v) is 3.42. The minimum Gasteiger partial charge on any atom is -0.352 e. The molecule has 0 atom stereocenters. The van der Waals surface area contributed by atoms with E-state index >= 15 is 0 Å². The Morgan fingerprint density at radius 3 is 2.69 bits per heavy atom. The van der Waals surface area contributed by atoms with Gasteiger partial charge in [-0.1, -0.05) is 38.3 Å². The number of carbonyl (C=O) groups is 2. The number of hydrogen-bond acceptors (Lipinski definition) is 6. The number of anilines is 1. The second-order valence-corrected chi connectivity index (χ2v) is 7.52. The van der Waals surface area contributed by atoms with Crippen LogP contribution in [0.25, 0.3) is 0 Å². The lowest BCUT2D eigenvalue weighted by Crippen LogP contribution is -2.43. The van der Waals surface area contributed by atoms with Gasteiger partial charge in [-0.15, -0.1) is 0 Å². The molecule has 3 rings (SSSR count). The highest BCUT2D eigenvalue weighted by Gasteiger charge is 2.26. The maximum Gasteiger partial charge on any atom is 0.282 e. The summed E-state index contributed by atoms with van der Waals surface area (Å²) in [5, 5.41) is 14.2. The van der Waals surface area contributed by atoms with Crippen LogP contribution in [-0.4, -0.2) is 46.4 Å². The number of unbranched alkanes of at least 4 members (excludes halogenated alkanes) is 3. The third kappa shape index (κ3) is 5.69. The van der Waals surface area contributed by atoms with Crippen LogP contribution in [0.4, 0.5) is 11.5 Å². The van der Waals surface area contributed by atoms with Crippen LogP contribution in [-0.2, 0) is 0 Å². The molecular weight excluding hydrogens is 410 g/mol. The van der Waals surface area contributed by atoms with Crippen molar-refractivity contribution in [2.45, 2.75) is 32.6 Å². The Bertz CT molecular complexity index is 990. The van der Waals surface area contributed by atoms with E-state index in [9.17, 15) is 19.7 Å². The Balaban J connectivity index is 1.63. The zero-order chi connectivity index (χ0) is 22.9. The van der Waals surface area contributed by atoms with E-state index in [2.05, 4.69) is 17.2 Å². The van der Waals surface area contributed by atoms with Crippen molar-refractivity contribution >= 4 is 23.3 Å². The Hall–Kier alpha value is -3.75. The number of nitro benzene ring substituents is 1. The SMILES string of the molecule is CCCCCCNC(=O)c1ccc(N2C=CCN(C(=O)c3ccccc3[N+](=O)[O-])C2)nc1. The van der Waals surface area contributed by atoms with Crippen LogP contribution in [0.2, 0.25) is 0 Å². The summed E-state index contributed by atoms with van der Waals surface area (Å²) in [7, 11) is 0. The number of nitro groups is 1. The molecule has 32 heavy (non-hydrogen) atoms. The highest BCUT2D eigenvalue weighted by molar-refractivity contribution is 5.98. The highest BCUT2D eigenvalue weighted by atomic mass is 16.6. The molecule has 2 aromatic rings. The van der Waals surface area contributed by atoms with Gasteiger partial charge < -0.3 is 15.1 Å². The van der Waals surface area contributed by atoms with Gasteiger partial charge in [0.05, 0.1) is 17.2 Å². The first kappa shape index (κ1) is 22.9. The van der Waals surface area contributed by atoms with E-state index in [0.29, 0.717) is 24.5 Å². The van der Waals surface area contributed by atoms with Gasteiger partial charge in [-0.2, -0.15) is 0 Å². The molecule has 9 nitrogen and oxygen atoms in total. The average Bonchev–Trinajstić information content (AvgIpc) is 2.83. The maximum atomic E-state index is 12.9. The van der Waals surface area contributed by atoms with Gasteiger partial charge in [0.15, 0.2) is 0 Å². The summed E-state index contributed by atoms with van der Waals surface area (Å²) in [4.78, 5) is 43.5. The smallest absolute Gasteiger partial charge is 0.282 e. The lowest BCUT2D eigenvalue weighted by Gasteiger charge is -2.32. The van der Waals surface area contributed by atoms with Crippen LogP contribution in [0.3, 0.4) is 0 Å². The molecule has 0 radical (unpaired) electrons. The van der Waals surface area contributed by atoms with Crippen molar-refractivity contribution in [3.05, 3.63) is 76.1 Å². The molecule has 2 heterocycles. The van der Waals surface area contributed by atoms with E-state index < -0.39 is 10.8 Å². The zero-order valence-electron chi connectivity index (χ0n) is 18.1. The monoisotopic (exact) mass is 437 g/mol. The van der Waals surface area contributed by atoms with Gasteiger partial charge in [0.2, 0.25) is 0 Å². The second kappa shape index (κ2) is 11.0. The lowest BCUT2D eigenvalue weighted by atomic mass is 10.1. The topological polar surface area (TPSA) is 109 Å². The Morgan fingerprint density at radius 2 is 1.97 bits per heavy atom. The van der Waals surface area contributed by atoms with E-state index in [0.717, 1.165) is 25.7 Å². The molecule has 168 valence electrons. The van der Waals surface area contributed by atoms with Gasteiger partial charge in [-0.25, -0.2) is 4.98 Å². The Labute approximate surface area is 186 Å². The second-order valence-electron chi connectivity index (χ2n) is 7.52. The summed E-state index contributed by atoms with van der Waals surface area (Å²) < 4.78 is 0. The van der Waals surface area contributed by atoms with Crippen LogP contribution in [0, 0.1) is 10.1 Å². The standard InChI is InChI=1S/C23H27N5O4/c1-2-3-4-7-13-24-22(29)18-11-12-21(25-16-18)26-14-8-15-27(17-26)23(30)19-9-5-6-10-20(19)28(31)32/h5-6,8-12,14,16H,2-4,7,13,15,17H2,1H3,(H,24,29). The lowest BCUT2D eigenvalue weighted by molar-refractivity contribution is -0.385. The van der Waals surface area contributed by atoms with Crippen molar-refractivity contribution in [3.8, 4) is 0 Å². The first-order valence-electron chi connectivity index (χ1n) is 10.7. The molecule has 9 heteroatoms. The van der Waals surface area contributed by atoms with Crippen LogP contribution in [0.5, 0.6) is 0 Å². The Morgan fingerprint density at radius 1 is 1.16 bits per heavy atom. The number of rotatable bonds is 9. The molecular formula is C23H27N5O4. The molecule has 0 fully saturated rings. The molecule has 0 saturated carbocycles. The van der Waals surface area contributed by atoms with E-state index in [-0.39, 0.29) is 23.8 Å². The van der Waals surface area contributed by atoms with Crippen molar-refractivity contribution in [2.75, 3.05) is 24.7 Å². The number of amides is 2. The van der Waals surface area contributed by atoms with Gasteiger partial charge >= 0.3 is 0 Å². The summed E-state index contributed by atoms with van der Waals surface area (Å²) in [6.45, 7) is 3.30. The van der Waals surface area contributed by atoms with Crippen molar-refractivity contribution in [1.82, 2.24) is 15.2 Å². The quantitative estimate of drug-likeness (QED) is 0.364. The van der Waals surface area contributed by atoms with Gasteiger partial charge in [-0.05, 0) is 30.7 Å². The van der Waals surface area contributed by atoms with Crippen molar-refractivity contribution < 1.29 is 14.5 Å². The van der Waals surface area contributed by atoms with Crippen LogP contribution < -0.4 is 10.2 Å². The summed E-state index contributed by atoms with van der Waals surface area (Å²) in [5.74, 6) is -0.0190. The fourth-order valence-electron chi connectivity index (χ4n) is 3.42. The third-order valence-corrected chi connectivity index (χ3v) is 5.17. The van der Waals surface area contributed by atoms with Crippen LogP contribution >= 0.6 is 0 Å². The molecule has 1 aromatic heterocycles. The number of para-hydroxylation sites is 1. The highest BCUT2D eigenvalue weighted by Crippen LogP contribution is 2.22. The molecule has 2 amide bonds. The third-order valence-electron chi connectivity index (χ3n) is 5.17. The number of nitrogens with zero attached hydrogens (tertiary/aromatic N) is 4. The predicted molar refractivity (Wildman–Crippen MR) is 121 cm³/mol. The van der Waals surface area contributed by atoms with Crippen LogP contribution in [0.15, 0.2) is 54.9 Å². The van der Waals surface area contributed by atoms with E-state index in [4.69, 9.17) is 0 Å². The minimum absolute atomic E-state index is 0.0478. The first-order chi connectivity index (χ1) is 15.5. The van der Waals surface area contributed by atoms with E-state index in [1.807, 2.05) is 0 Å². The van der Waals surface area contributed by atoms with Crippen LogP contribution in [0.1, 0.15) is 53.3 Å². The number of benzene rings is 1. The molecule has 0 spiro atoms. The van der Waals surface area contributed by atoms with E-state index in [1.165, 1.54) is 29.3 Å². The summed E-state index contributed by atoms with van der Waals surface area (Å²) >= 11 is 0. The predicted octanol–water partition coefficient (Wildman–Crippen LogP) is 3.73. The summed E-state index contributed by atoms with van der Waals surface area (Å²) in [6, 6.07) is 9.32. The normalized spacial score (nSPS) is 13.2. The number of carbonyl (C=O) groups excluding carboxylic acids is 2. The molecule has 0 aliphatic carbocycles. The minimum atomic E-state index is -0.556. The zero-order valence-corrected chi connectivity index (χ0v) is 18.1. The van der Waals surface area contributed by atoms with Gasteiger partial charge in [0.1, 0.15) is 11.4 Å². The molecule has 1 aliphatic rings. The summed E-state index contributed by atoms with van der Waals surface area (Å²) in [6.07, 6.45) is 9.45. The largest absolute Gasteiger partial charge is 0.352 e. The fraction of sp³-hybridized carbons (Fsp3) is 0.348. The van der Waals surface area contributed by atoms with Gasteiger partial charge in [0, 0.05) is 31.6 Å². The average molecular weight is 438 g/mol. The van der Waals surface area contributed by atoms with Gasteiger partial charge in [-0.3, -0.25) is 19.7 Å².